The standard InChI is InChI=1S/C7H14N2O3S/c1-3-7(4-8)13(11,12)9-5-6(2)10/h6-7,9-10H,3,5H2,1-2H3/t6-,7?/m0/s1. The minimum Gasteiger partial charge on any atom is -0.392 e. The van der Waals surface area contributed by atoms with Crippen LogP contribution >= 0.6 is 0 Å². The van der Waals surface area contributed by atoms with Gasteiger partial charge in [-0.15, -0.1) is 0 Å². The molecule has 0 aromatic rings. The van der Waals surface area contributed by atoms with Gasteiger partial charge < -0.3 is 5.11 Å². The van der Waals surface area contributed by atoms with E-state index in [1.54, 1.807) is 13.0 Å². The summed E-state index contributed by atoms with van der Waals surface area (Å²) < 4.78 is 24.7. The first-order valence-corrected chi connectivity index (χ1v) is 5.54. The van der Waals surface area contributed by atoms with Crippen LogP contribution in [0.2, 0.25) is 0 Å². The molecule has 5 nitrogen and oxygen atoms in total. The van der Waals surface area contributed by atoms with Gasteiger partial charge in [0.25, 0.3) is 0 Å². The van der Waals surface area contributed by atoms with Crippen molar-refractivity contribution in [2.45, 2.75) is 31.6 Å². The quantitative estimate of drug-likeness (QED) is 0.639. The molecule has 0 aliphatic carbocycles. The Hall–Kier alpha value is -0.640. The van der Waals surface area contributed by atoms with Crippen LogP contribution in [-0.4, -0.2) is 31.4 Å². The van der Waals surface area contributed by atoms with E-state index in [1.807, 2.05) is 0 Å². The van der Waals surface area contributed by atoms with Crippen molar-refractivity contribution in [1.29, 1.82) is 5.26 Å². The Kier molecular flexibility index (Phi) is 4.91. The first-order chi connectivity index (χ1) is 5.94. The zero-order valence-electron chi connectivity index (χ0n) is 7.69. The highest BCUT2D eigenvalue weighted by atomic mass is 32.2. The molecule has 13 heavy (non-hydrogen) atoms. The molecule has 0 fully saturated rings. The average molecular weight is 206 g/mol. The normalized spacial score (nSPS) is 16.2. The fourth-order valence-corrected chi connectivity index (χ4v) is 1.97. The van der Waals surface area contributed by atoms with E-state index in [0.717, 1.165) is 0 Å². The van der Waals surface area contributed by atoms with Crippen molar-refractivity contribution in [3.63, 3.8) is 0 Å². The Bertz CT molecular complexity index is 279. The highest BCUT2D eigenvalue weighted by Crippen LogP contribution is 2.02. The lowest BCUT2D eigenvalue weighted by Gasteiger charge is -2.10. The maximum Gasteiger partial charge on any atom is 0.228 e. The Morgan fingerprint density at radius 2 is 2.15 bits per heavy atom. The van der Waals surface area contributed by atoms with Crippen molar-refractivity contribution in [3.05, 3.63) is 0 Å². The van der Waals surface area contributed by atoms with Crippen molar-refractivity contribution in [2.75, 3.05) is 6.54 Å². The molecule has 76 valence electrons. The number of nitrogens with zero attached hydrogens (tertiary/aromatic N) is 1. The van der Waals surface area contributed by atoms with E-state index in [1.165, 1.54) is 6.92 Å². The zero-order chi connectivity index (χ0) is 10.5. The third-order valence-corrected chi connectivity index (χ3v) is 3.23. The van der Waals surface area contributed by atoms with Gasteiger partial charge in [0.05, 0.1) is 12.2 Å². The molecule has 2 atom stereocenters. The Morgan fingerprint density at radius 1 is 1.62 bits per heavy atom. The molecule has 2 N–H and O–H groups in total. The molecule has 0 rings (SSSR count). The SMILES string of the molecule is CCC(C#N)S(=O)(=O)NC[C@H](C)O. The lowest BCUT2D eigenvalue weighted by Crippen LogP contribution is -2.37. The van der Waals surface area contributed by atoms with E-state index in [0.29, 0.717) is 0 Å². The van der Waals surface area contributed by atoms with Crippen LogP contribution in [0.15, 0.2) is 0 Å². The summed E-state index contributed by atoms with van der Waals surface area (Å²) in [5, 5.41) is 16.3. The van der Waals surface area contributed by atoms with Gasteiger partial charge in [-0.25, -0.2) is 13.1 Å². The third-order valence-electron chi connectivity index (χ3n) is 1.47. The maximum absolute atomic E-state index is 11.3. The van der Waals surface area contributed by atoms with Gasteiger partial charge in [-0.05, 0) is 13.3 Å². The number of aliphatic hydroxyl groups is 1. The molecule has 1 unspecified atom stereocenters. The lowest BCUT2D eigenvalue weighted by atomic mass is 10.4. The Balaban J connectivity index is 4.33. The summed E-state index contributed by atoms with van der Waals surface area (Å²) in [6.07, 6.45) is -0.503. The monoisotopic (exact) mass is 206 g/mol. The number of hydrogen-bond acceptors (Lipinski definition) is 4. The van der Waals surface area contributed by atoms with Gasteiger partial charge in [0.2, 0.25) is 10.0 Å². The van der Waals surface area contributed by atoms with Gasteiger partial charge in [-0.2, -0.15) is 5.26 Å². The molecular weight excluding hydrogens is 192 g/mol. The maximum atomic E-state index is 11.3. The first kappa shape index (κ1) is 12.4. The van der Waals surface area contributed by atoms with E-state index in [-0.39, 0.29) is 13.0 Å². The number of aliphatic hydroxyl groups excluding tert-OH is 1. The Labute approximate surface area is 78.4 Å². The summed E-state index contributed by atoms with van der Waals surface area (Å²) in [6.45, 7) is 3.03. The van der Waals surface area contributed by atoms with Crippen molar-refractivity contribution >= 4 is 10.0 Å². The molecule has 0 heterocycles. The molecule has 0 saturated heterocycles. The molecule has 0 aromatic carbocycles. The van der Waals surface area contributed by atoms with Crippen LogP contribution in [0.25, 0.3) is 0 Å². The summed E-state index contributed by atoms with van der Waals surface area (Å²) in [6, 6.07) is 1.68. The number of nitrogens with one attached hydrogen (secondary N) is 1. The predicted molar refractivity (Wildman–Crippen MR) is 48.3 cm³/mol. The van der Waals surface area contributed by atoms with Crippen LogP contribution in [-0.2, 0) is 10.0 Å². The second kappa shape index (κ2) is 5.17. The van der Waals surface area contributed by atoms with Gasteiger partial charge >= 0.3 is 0 Å². The van der Waals surface area contributed by atoms with Crippen LogP contribution in [0.4, 0.5) is 0 Å². The second-order valence-corrected chi connectivity index (χ2v) is 4.72. The summed E-state index contributed by atoms with van der Waals surface area (Å²) >= 11 is 0. The largest absolute Gasteiger partial charge is 0.392 e. The van der Waals surface area contributed by atoms with E-state index in [9.17, 15) is 8.42 Å². The van der Waals surface area contributed by atoms with Crippen LogP contribution in [0.3, 0.4) is 0 Å². The van der Waals surface area contributed by atoms with Crippen molar-refractivity contribution in [2.24, 2.45) is 0 Å². The van der Waals surface area contributed by atoms with Gasteiger partial charge in [-0.3, -0.25) is 0 Å². The minimum absolute atomic E-state index is 0.0550. The van der Waals surface area contributed by atoms with E-state index in [2.05, 4.69) is 4.72 Å². The van der Waals surface area contributed by atoms with Crippen molar-refractivity contribution < 1.29 is 13.5 Å². The predicted octanol–water partition coefficient (Wildman–Crippen LogP) is -0.411. The smallest absolute Gasteiger partial charge is 0.228 e. The third kappa shape index (κ3) is 4.22. The molecule has 0 amide bonds. The number of nitriles is 1. The van der Waals surface area contributed by atoms with Crippen molar-refractivity contribution in [1.82, 2.24) is 4.72 Å². The number of rotatable bonds is 5. The van der Waals surface area contributed by atoms with Gasteiger partial charge in [0.1, 0.15) is 0 Å². The lowest BCUT2D eigenvalue weighted by molar-refractivity contribution is 0.198. The topological polar surface area (TPSA) is 90.2 Å². The van der Waals surface area contributed by atoms with E-state index in [4.69, 9.17) is 10.4 Å². The highest BCUT2D eigenvalue weighted by molar-refractivity contribution is 7.90. The minimum atomic E-state index is -3.59. The van der Waals surface area contributed by atoms with Gasteiger partial charge in [-0.1, -0.05) is 6.92 Å². The molecule has 0 bridgehead atoms. The summed E-state index contributed by atoms with van der Waals surface area (Å²) in [4.78, 5) is 0. The summed E-state index contributed by atoms with van der Waals surface area (Å²) in [7, 11) is -3.59. The van der Waals surface area contributed by atoms with E-state index >= 15 is 0 Å². The molecule has 0 saturated carbocycles. The summed E-state index contributed by atoms with van der Waals surface area (Å²) in [5.74, 6) is 0. The molecule has 0 aliphatic rings. The highest BCUT2D eigenvalue weighted by Gasteiger charge is 2.22. The van der Waals surface area contributed by atoms with E-state index < -0.39 is 21.4 Å². The molecular formula is C7H14N2O3S. The first-order valence-electron chi connectivity index (χ1n) is 4.00. The van der Waals surface area contributed by atoms with Crippen LogP contribution in [0.1, 0.15) is 20.3 Å². The number of sulfonamides is 1. The summed E-state index contributed by atoms with van der Waals surface area (Å²) in [5.41, 5.74) is 0. The van der Waals surface area contributed by atoms with Crippen LogP contribution < -0.4 is 4.72 Å². The number of hydrogen-bond donors (Lipinski definition) is 2. The molecule has 0 spiro atoms. The second-order valence-electron chi connectivity index (χ2n) is 2.77. The average Bonchev–Trinajstić information content (AvgIpc) is 2.03. The van der Waals surface area contributed by atoms with Crippen LogP contribution in [0.5, 0.6) is 0 Å². The molecule has 0 aliphatic heterocycles. The van der Waals surface area contributed by atoms with Crippen LogP contribution in [0, 0.1) is 11.3 Å². The van der Waals surface area contributed by atoms with Gasteiger partial charge in [0.15, 0.2) is 5.25 Å². The van der Waals surface area contributed by atoms with Gasteiger partial charge in [0, 0.05) is 6.54 Å². The Morgan fingerprint density at radius 3 is 2.46 bits per heavy atom. The zero-order valence-corrected chi connectivity index (χ0v) is 8.50. The fraction of sp³-hybridized carbons (Fsp3) is 0.857. The van der Waals surface area contributed by atoms with Crippen molar-refractivity contribution in [3.8, 4) is 6.07 Å². The fourth-order valence-electron chi connectivity index (χ4n) is 0.717. The molecule has 0 aromatic heterocycles. The molecule has 0 radical (unpaired) electrons. The molecule has 6 heteroatoms.